The Kier molecular flexibility index (Phi) is 3.31. The molecule has 0 spiro atoms. The smallest absolute Gasteiger partial charge is 0.248 e. The second-order valence-corrected chi connectivity index (χ2v) is 5.01. The molecule has 1 aliphatic rings. The van der Waals surface area contributed by atoms with Gasteiger partial charge in [-0.15, -0.1) is 0 Å². The summed E-state index contributed by atoms with van der Waals surface area (Å²) in [6.45, 7) is 1.77. The highest BCUT2D eigenvalue weighted by Gasteiger charge is 2.32. The molecule has 1 saturated heterocycles. The zero-order valence-electron chi connectivity index (χ0n) is 11.1. The van der Waals surface area contributed by atoms with Crippen molar-refractivity contribution in [3.8, 4) is 0 Å². The number of nitrogens with one attached hydrogen (secondary N) is 1. The molecule has 7 nitrogen and oxygen atoms in total. The van der Waals surface area contributed by atoms with Crippen LogP contribution in [0.2, 0.25) is 5.15 Å². The second-order valence-electron chi connectivity index (χ2n) is 4.66. The molecule has 3 heterocycles. The minimum Gasteiger partial charge on any atom is -0.357 e. The average molecular weight is 296 g/mol. The molecule has 0 saturated carbocycles. The number of nitrogens with zero attached hydrogens (tertiary/aromatic N) is 4. The van der Waals surface area contributed by atoms with Crippen molar-refractivity contribution in [2.24, 2.45) is 0 Å². The molecular formula is C12H14ClN5O2. The van der Waals surface area contributed by atoms with Gasteiger partial charge in [0, 0.05) is 7.05 Å². The van der Waals surface area contributed by atoms with Crippen molar-refractivity contribution >= 4 is 28.7 Å². The Balaban J connectivity index is 1.94. The SMILES string of the molecule is CNC(=O)C1CCC(n2cnc3c(Cl)nc(C)nc32)O1. The van der Waals surface area contributed by atoms with Crippen LogP contribution >= 0.6 is 11.6 Å². The van der Waals surface area contributed by atoms with Crippen LogP contribution in [0.3, 0.4) is 0 Å². The molecule has 0 bridgehead atoms. The number of fused-ring (bicyclic) bond motifs is 1. The number of likely N-dealkylation sites (N-methyl/N-ethyl adjacent to an activating group) is 1. The van der Waals surface area contributed by atoms with Crippen molar-refractivity contribution in [3.63, 3.8) is 0 Å². The Morgan fingerprint density at radius 2 is 2.30 bits per heavy atom. The number of aryl methyl sites for hydroxylation is 1. The number of aromatic nitrogens is 4. The van der Waals surface area contributed by atoms with Gasteiger partial charge in [0.05, 0.1) is 6.33 Å². The fourth-order valence-corrected chi connectivity index (χ4v) is 2.63. The standard InChI is InChI=1S/C12H14ClN5O2/c1-6-16-10(13)9-11(17-6)18(5-15-9)8-4-3-7(20-8)12(19)14-2/h5,7-8H,3-4H2,1-2H3,(H,14,19). The first-order valence-electron chi connectivity index (χ1n) is 6.34. The van der Waals surface area contributed by atoms with E-state index in [0.29, 0.717) is 28.6 Å². The van der Waals surface area contributed by atoms with Gasteiger partial charge in [-0.25, -0.2) is 15.0 Å². The number of ether oxygens (including phenoxy) is 1. The second kappa shape index (κ2) is 4.99. The van der Waals surface area contributed by atoms with Crippen molar-refractivity contribution in [2.45, 2.75) is 32.1 Å². The quantitative estimate of drug-likeness (QED) is 0.842. The van der Waals surface area contributed by atoms with Gasteiger partial charge in [-0.05, 0) is 19.8 Å². The van der Waals surface area contributed by atoms with Gasteiger partial charge in [0.1, 0.15) is 23.7 Å². The minimum absolute atomic E-state index is 0.110. The van der Waals surface area contributed by atoms with Crippen LogP contribution in [0.5, 0.6) is 0 Å². The molecule has 2 aromatic heterocycles. The van der Waals surface area contributed by atoms with E-state index in [1.165, 1.54) is 0 Å². The Labute approximate surface area is 120 Å². The molecule has 0 aromatic carbocycles. The summed E-state index contributed by atoms with van der Waals surface area (Å²) in [4.78, 5) is 24.2. The molecule has 0 radical (unpaired) electrons. The van der Waals surface area contributed by atoms with Crippen LogP contribution in [0.15, 0.2) is 6.33 Å². The summed E-state index contributed by atoms with van der Waals surface area (Å²) in [6.07, 6.45) is 2.33. The topological polar surface area (TPSA) is 81.9 Å². The number of halogens is 1. The number of carbonyl (C=O) groups is 1. The highest BCUT2D eigenvalue weighted by atomic mass is 35.5. The number of hydrogen-bond donors (Lipinski definition) is 1. The molecule has 106 valence electrons. The van der Waals surface area contributed by atoms with Crippen LogP contribution in [0.25, 0.3) is 11.2 Å². The number of rotatable bonds is 2. The maximum Gasteiger partial charge on any atom is 0.248 e. The van der Waals surface area contributed by atoms with Gasteiger partial charge in [0.2, 0.25) is 5.91 Å². The molecule has 2 aromatic rings. The van der Waals surface area contributed by atoms with E-state index in [0.717, 1.165) is 6.42 Å². The maximum absolute atomic E-state index is 11.6. The van der Waals surface area contributed by atoms with E-state index in [2.05, 4.69) is 20.3 Å². The summed E-state index contributed by atoms with van der Waals surface area (Å²) >= 11 is 6.05. The van der Waals surface area contributed by atoms with Crippen LogP contribution in [-0.4, -0.2) is 38.6 Å². The minimum atomic E-state index is -0.430. The molecule has 1 fully saturated rings. The Morgan fingerprint density at radius 1 is 1.50 bits per heavy atom. The Morgan fingerprint density at radius 3 is 3.05 bits per heavy atom. The monoisotopic (exact) mass is 295 g/mol. The molecule has 1 N–H and O–H groups in total. The number of carbonyl (C=O) groups excluding carboxylic acids is 1. The van der Waals surface area contributed by atoms with Gasteiger partial charge in [0.15, 0.2) is 10.8 Å². The lowest BCUT2D eigenvalue weighted by Gasteiger charge is -2.14. The van der Waals surface area contributed by atoms with Crippen molar-refractivity contribution in [1.82, 2.24) is 24.8 Å². The molecule has 3 rings (SSSR count). The normalized spacial score (nSPS) is 22.4. The molecule has 2 atom stereocenters. The van der Waals surface area contributed by atoms with Crippen LogP contribution < -0.4 is 5.32 Å². The first-order chi connectivity index (χ1) is 9.60. The molecule has 8 heteroatoms. The lowest BCUT2D eigenvalue weighted by molar-refractivity contribution is -0.133. The van der Waals surface area contributed by atoms with Crippen LogP contribution in [0.1, 0.15) is 24.9 Å². The third-order valence-electron chi connectivity index (χ3n) is 3.34. The van der Waals surface area contributed by atoms with Gasteiger partial charge in [-0.2, -0.15) is 0 Å². The summed E-state index contributed by atoms with van der Waals surface area (Å²) in [5.74, 6) is 0.464. The van der Waals surface area contributed by atoms with E-state index < -0.39 is 6.10 Å². The number of amides is 1. The number of imidazole rings is 1. The van der Waals surface area contributed by atoms with Gasteiger partial charge in [-0.3, -0.25) is 9.36 Å². The molecule has 1 aliphatic heterocycles. The molecule has 20 heavy (non-hydrogen) atoms. The Bertz CT molecular complexity index is 671. The van der Waals surface area contributed by atoms with Gasteiger partial charge in [0.25, 0.3) is 0 Å². The lowest BCUT2D eigenvalue weighted by Crippen LogP contribution is -2.31. The molecule has 0 aliphatic carbocycles. The lowest BCUT2D eigenvalue weighted by atomic mass is 10.2. The largest absolute Gasteiger partial charge is 0.357 e. The van der Waals surface area contributed by atoms with E-state index >= 15 is 0 Å². The number of hydrogen-bond acceptors (Lipinski definition) is 5. The fraction of sp³-hybridized carbons (Fsp3) is 0.500. The molecular weight excluding hydrogens is 282 g/mol. The van der Waals surface area contributed by atoms with E-state index in [-0.39, 0.29) is 12.1 Å². The van der Waals surface area contributed by atoms with E-state index in [1.807, 2.05) is 0 Å². The summed E-state index contributed by atoms with van der Waals surface area (Å²) in [6, 6.07) is 0. The van der Waals surface area contributed by atoms with Gasteiger partial charge >= 0.3 is 0 Å². The summed E-state index contributed by atoms with van der Waals surface area (Å²) in [5.41, 5.74) is 1.18. The van der Waals surface area contributed by atoms with Crippen LogP contribution in [0.4, 0.5) is 0 Å². The zero-order chi connectivity index (χ0) is 14.3. The van der Waals surface area contributed by atoms with E-state index in [9.17, 15) is 4.79 Å². The predicted octanol–water partition coefficient (Wildman–Crippen LogP) is 1.21. The average Bonchev–Trinajstić information content (AvgIpc) is 3.03. The first kappa shape index (κ1) is 13.3. The van der Waals surface area contributed by atoms with E-state index in [1.54, 1.807) is 24.9 Å². The Hall–Kier alpha value is -1.73. The third-order valence-corrected chi connectivity index (χ3v) is 3.60. The van der Waals surface area contributed by atoms with Crippen molar-refractivity contribution < 1.29 is 9.53 Å². The van der Waals surface area contributed by atoms with Crippen LogP contribution in [-0.2, 0) is 9.53 Å². The van der Waals surface area contributed by atoms with E-state index in [4.69, 9.17) is 16.3 Å². The fourth-order valence-electron chi connectivity index (χ4n) is 2.37. The van der Waals surface area contributed by atoms with Crippen LogP contribution in [0, 0.1) is 6.92 Å². The van der Waals surface area contributed by atoms with Crippen molar-refractivity contribution in [2.75, 3.05) is 7.05 Å². The van der Waals surface area contributed by atoms with Gasteiger partial charge < -0.3 is 10.1 Å². The third kappa shape index (κ3) is 2.12. The molecule has 1 amide bonds. The predicted molar refractivity (Wildman–Crippen MR) is 72.3 cm³/mol. The summed E-state index contributed by atoms with van der Waals surface area (Å²) < 4.78 is 7.56. The highest BCUT2D eigenvalue weighted by Crippen LogP contribution is 2.31. The highest BCUT2D eigenvalue weighted by molar-refractivity contribution is 6.33. The first-order valence-corrected chi connectivity index (χ1v) is 6.71. The summed E-state index contributed by atoms with van der Waals surface area (Å²) in [7, 11) is 1.60. The van der Waals surface area contributed by atoms with Crippen molar-refractivity contribution in [3.05, 3.63) is 17.3 Å². The van der Waals surface area contributed by atoms with Crippen molar-refractivity contribution in [1.29, 1.82) is 0 Å². The molecule has 2 unspecified atom stereocenters. The maximum atomic E-state index is 11.6. The van der Waals surface area contributed by atoms with Gasteiger partial charge in [-0.1, -0.05) is 11.6 Å². The summed E-state index contributed by atoms with van der Waals surface area (Å²) in [5, 5.41) is 2.92. The zero-order valence-corrected chi connectivity index (χ0v) is 11.9.